The lowest BCUT2D eigenvalue weighted by molar-refractivity contribution is -0.142. The molecule has 0 aromatic carbocycles. The van der Waals surface area contributed by atoms with Gasteiger partial charge in [-0.3, -0.25) is 4.79 Å². The zero-order chi connectivity index (χ0) is 17.4. The largest absolute Gasteiger partial charge is 0.480 e. The van der Waals surface area contributed by atoms with E-state index >= 15 is 0 Å². The highest BCUT2D eigenvalue weighted by Crippen LogP contribution is 2.17. The minimum atomic E-state index is -1.06. The first-order valence-electron chi connectivity index (χ1n) is 7.28. The molecule has 0 aliphatic rings. The van der Waals surface area contributed by atoms with Gasteiger partial charge in [0.15, 0.2) is 5.16 Å². The van der Waals surface area contributed by atoms with Gasteiger partial charge in [0.25, 0.3) is 0 Å². The molecule has 2 N–H and O–H groups in total. The van der Waals surface area contributed by atoms with E-state index < -0.39 is 12.0 Å². The SMILES string of the molecule is COCCC(NC(=O)CCc1c(C)nc(SC)nc1C)C(=O)O. The van der Waals surface area contributed by atoms with Crippen LogP contribution in [-0.4, -0.2) is 53.0 Å². The van der Waals surface area contributed by atoms with Crippen molar-refractivity contribution >= 4 is 23.6 Å². The number of nitrogens with zero attached hydrogens (tertiary/aromatic N) is 2. The minimum Gasteiger partial charge on any atom is -0.480 e. The maximum absolute atomic E-state index is 12.0. The van der Waals surface area contributed by atoms with Crippen LogP contribution in [0.5, 0.6) is 0 Å². The van der Waals surface area contributed by atoms with Crippen LogP contribution in [0.15, 0.2) is 5.16 Å². The number of methoxy groups -OCH3 is 1. The molecule has 0 radical (unpaired) electrons. The molecule has 1 rings (SSSR count). The summed E-state index contributed by atoms with van der Waals surface area (Å²) in [7, 11) is 1.49. The van der Waals surface area contributed by atoms with Crippen molar-refractivity contribution in [1.82, 2.24) is 15.3 Å². The van der Waals surface area contributed by atoms with Gasteiger partial charge in [-0.1, -0.05) is 11.8 Å². The second-order valence-electron chi connectivity index (χ2n) is 5.10. The number of carboxylic acids is 1. The number of rotatable bonds is 9. The Balaban J connectivity index is 2.63. The van der Waals surface area contributed by atoms with Crippen LogP contribution in [0.25, 0.3) is 0 Å². The number of hydrogen-bond donors (Lipinski definition) is 2. The average molecular weight is 341 g/mol. The van der Waals surface area contributed by atoms with Crippen LogP contribution in [0, 0.1) is 13.8 Å². The van der Waals surface area contributed by atoms with Crippen LogP contribution in [0.3, 0.4) is 0 Å². The molecule has 23 heavy (non-hydrogen) atoms. The summed E-state index contributed by atoms with van der Waals surface area (Å²) in [5, 5.41) is 12.3. The van der Waals surface area contributed by atoms with Gasteiger partial charge in [0.1, 0.15) is 6.04 Å². The lowest BCUT2D eigenvalue weighted by atomic mass is 10.1. The molecule has 1 aromatic heterocycles. The van der Waals surface area contributed by atoms with Gasteiger partial charge in [0.2, 0.25) is 5.91 Å². The van der Waals surface area contributed by atoms with Crippen LogP contribution < -0.4 is 5.32 Å². The summed E-state index contributed by atoms with van der Waals surface area (Å²) >= 11 is 1.47. The number of carbonyl (C=O) groups is 2. The lowest BCUT2D eigenvalue weighted by Gasteiger charge is -2.14. The van der Waals surface area contributed by atoms with Gasteiger partial charge in [-0.15, -0.1) is 0 Å². The van der Waals surface area contributed by atoms with E-state index in [1.165, 1.54) is 18.9 Å². The quantitative estimate of drug-likeness (QED) is 0.516. The van der Waals surface area contributed by atoms with Crippen LogP contribution >= 0.6 is 11.8 Å². The third-order valence-corrected chi connectivity index (χ3v) is 3.98. The molecule has 7 nitrogen and oxygen atoms in total. The molecule has 8 heteroatoms. The highest BCUT2D eigenvalue weighted by Gasteiger charge is 2.20. The van der Waals surface area contributed by atoms with E-state index in [1.807, 2.05) is 20.1 Å². The first-order chi connectivity index (χ1) is 10.9. The van der Waals surface area contributed by atoms with Crippen molar-refractivity contribution < 1.29 is 19.4 Å². The molecule has 1 heterocycles. The highest BCUT2D eigenvalue weighted by atomic mass is 32.2. The van der Waals surface area contributed by atoms with Gasteiger partial charge in [-0.2, -0.15) is 0 Å². The second kappa shape index (κ2) is 9.46. The van der Waals surface area contributed by atoms with Crippen LogP contribution in [0.4, 0.5) is 0 Å². The van der Waals surface area contributed by atoms with Crippen molar-refractivity contribution in [3.05, 3.63) is 17.0 Å². The number of carbonyl (C=O) groups excluding carboxylic acids is 1. The van der Waals surface area contributed by atoms with Gasteiger partial charge in [-0.25, -0.2) is 14.8 Å². The molecule has 0 saturated heterocycles. The van der Waals surface area contributed by atoms with Crippen molar-refractivity contribution in [1.29, 1.82) is 0 Å². The molecule has 1 unspecified atom stereocenters. The maximum atomic E-state index is 12.0. The van der Waals surface area contributed by atoms with E-state index in [0.717, 1.165) is 17.0 Å². The number of thioether (sulfide) groups is 1. The third-order valence-electron chi connectivity index (χ3n) is 3.43. The Labute approximate surface area is 140 Å². The van der Waals surface area contributed by atoms with Crippen molar-refractivity contribution in [3.8, 4) is 0 Å². The Kier molecular flexibility index (Phi) is 7.97. The summed E-state index contributed by atoms with van der Waals surface area (Å²) in [4.78, 5) is 31.8. The van der Waals surface area contributed by atoms with Crippen molar-refractivity contribution in [2.45, 2.75) is 44.3 Å². The third kappa shape index (κ3) is 6.15. The summed E-state index contributed by atoms with van der Waals surface area (Å²) in [6.07, 6.45) is 2.82. The number of ether oxygens (including phenoxy) is 1. The maximum Gasteiger partial charge on any atom is 0.326 e. The Morgan fingerprint density at radius 1 is 1.30 bits per heavy atom. The molecule has 0 aliphatic heterocycles. The second-order valence-corrected chi connectivity index (χ2v) is 5.87. The normalized spacial score (nSPS) is 12.0. The molecular weight excluding hydrogens is 318 g/mol. The van der Waals surface area contributed by atoms with Crippen molar-refractivity contribution in [2.75, 3.05) is 20.0 Å². The van der Waals surface area contributed by atoms with Gasteiger partial charge in [-0.05, 0) is 32.1 Å². The van der Waals surface area contributed by atoms with E-state index in [2.05, 4.69) is 15.3 Å². The van der Waals surface area contributed by atoms with E-state index in [1.54, 1.807) is 0 Å². The molecule has 1 aromatic rings. The number of nitrogens with one attached hydrogen (secondary N) is 1. The van der Waals surface area contributed by atoms with E-state index in [9.17, 15) is 9.59 Å². The van der Waals surface area contributed by atoms with Gasteiger partial charge >= 0.3 is 5.97 Å². The number of carboxylic acid groups (broad SMARTS) is 1. The van der Waals surface area contributed by atoms with Gasteiger partial charge in [0, 0.05) is 37.9 Å². The topological polar surface area (TPSA) is 101 Å². The summed E-state index contributed by atoms with van der Waals surface area (Å²) in [5.74, 6) is -1.36. The van der Waals surface area contributed by atoms with Gasteiger partial charge in [0.05, 0.1) is 0 Å². The van der Waals surface area contributed by atoms with Crippen molar-refractivity contribution in [2.24, 2.45) is 0 Å². The molecular formula is C15H23N3O4S. The zero-order valence-electron chi connectivity index (χ0n) is 13.9. The predicted molar refractivity (Wildman–Crippen MR) is 87.7 cm³/mol. The molecule has 1 amide bonds. The molecule has 128 valence electrons. The minimum absolute atomic E-state index is 0.195. The first-order valence-corrected chi connectivity index (χ1v) is 8.50. The molecule has 0 spiro atoms. The number of aryl methyl sites for hydroxylation is 2. The Morgan fingerprint density at radius 2 is 1.91 bits per heavy atom. The fourth-order valence-electron chi connectivity index (χ4n) is 2.16. The van der Waals surface area contributed by atoms with Crippen LogP contribution in [-0.2, 0) is 20.7 Å². The summed E-state index contributed by atoms with van der Waals surface area (Å²) in [6.45, 7) is 4.06. The summed E-state index contributed by atoms with van der Waals surface area (Å²) < 4.78 is 4.85. The highest BCUT2D eigenvalue weighted by molar-refractivity contribution is 7.98. The fourth-order valence-corrected chi connectivity index (χ4v) is 2.62. The number of hydrogen-bond acceptors (Lipinski definition) is 6. The van der Waals surface area contributed by atoms with Crippen molar-refractivity contribution in [3.63, 3.8) is 0 Å². The summed E-state index contributed by atoms with van der Waals surface area (Å²) in [6, 6.07) is -0.931. The monoisotopic (exact) mass is 341 g/mol. The number of aliphatic carboxylic acids is 1. The van der Waals surface area contributed by atoms with Crippen LogP contribution in [0.2, 0.25) is 0 Å². The summed E-state index contributed by atoms with van der Waals surface area (Å²) in [5.41, 5.74) is 2.63. The Bertz CT molecular complexity index is 543. The van der Waals surface area contributed by atoms with E-state index in [-0.39, 0.29) is 25.4 Å². The Hall–Kier alpha value is -1.67. The van der Waals surface area contributed by atoms with E-state index in [0.29, 0.717) is 11.6 Å². The molecule has 0 fully saturated rings. The molecule has 0 saturated carbocycles. The van der Waals surface area contributed by atoms with E-state index in [4.69, 9.17) is 9.84 Å². The first kappa shape index (κ1) is 19.4. The number of aromatic nitrogens is 2. The molecule has 0 aliphatic carbocycles. The smallest absolute Gasteiger partial charge is 0.326 e. The zero-order valence-corrected chi connectivity index (χ0v) is 14.7. The fraction of sp³-hybridized carbons (Fsp3) is 0.600. The molecule has 0 bridgehead atoms. The molecule has 1 atom stereocenters. The standard InChI is InChI=1S/C15H23N3O4S/c1-9-11(10(2)17-15(16-9)23-4)5-6-13(19)18-12(14(20)21)7-8-22-3/h12H,5-8H2,1-4H3,(H,18,19)(H,20,21). The average Bonchev–Trinajstić information content (AvgIpc) is 2.49. The Morgan fingerprint density at radius 3 is 2.39 bits per heavy atom. The van der Waals surface area contributed by atoms with Crippen LogP contribution in [0.1, 0.15) is 29.8 Å². The predicted octanol–water partition coefficient (Wildman–Crippen LogP) is 1.35. The number of amides is 1. The van der Waals surface area contributed by atoms with Gasteiger partial charge < -0.3 is 15.2 Å². The lowest BCUT2D eigenvalue weighted by Crippen LogP contribution is -2.41.